The van der Waals surface area contributed by atoms with Crippen molar-refractivity contribution >= 4 is 27.5 Å². The van der Waals surface area contributed by atoms with E-state index in [1.165, 1.54) is 18.3 Å². The summed E-state index contributed by atoms with van der Waals surface area (Å²) in [5.41, 5.74) is 0.683. The van der Waals surface area contributed by atoms with Gasteiger partial charge in [-0.05, 0) is 36.5 Å². The van der Waals surface area contributed by atoms with Gasteiger partial charge in [-0.25, -0.2) is 18.2 Å². The second kappa shape index (κ2) is 9.26. The lowest BCUT2D eigenvalue weighted by atomic mass is 10.1. The number of benzene rings is 1. The average Bonchev–Trinajstić information content (AvgIpc) is 2.60. The van der Waals surface area contributed by atoms with Gasteiger partial charge in [-0.2, -0.15) is 0 Å². The number of carboxylic acids is 1. The van der Waals surface area contributed by atoms with Gasteiger partial charge in [0.25, 0.3) is 10.0 Å². The van der Waals surface area contributed by atoms with Crippen LogP contribution in [-0.2, 0) is 10.0 Å². The molecule has 2 rings (SSSR count). The van der Waals surface area contributed by atoms with E-state index in [2.05, 4.69) is 37.4 Å². The molecule has 8 heteroatoms. The summed E-state index contributed by atoms with van der Waals surface area (Å²) in [7, 11) is -3.85. The van der Waals surface area contributed by atoms with Crippen molar-refractivity contribution in [2.24, 2.45) is 11.8 Å². The minimum absolute atomic E-state index is 0.0312. The van der Waals surface area contributed by atoms with Gasteiger partial charge in [-0.3, -0.25) is 4.72 Å². The first-order valence-electron chi connectivity index (χ1n) is 9.58. The predicted octanol–water partition coefficient (Wildman–Crippen LogP) is 4.01. The Morgan fingerprint density at radius 2 is 1.72 bits per heavy atom. The minimum Gasteiger partial charge on any atom is -0.478 e. The number of nitrogens with zero attached hydrogens (tertiary/aromatic N) is 2. The van der Waals surface area contributed by atoms with Crippen LogP contribution in [0.5, 0.6) is 0 Å². The number of sulfonamides is 1. The largest absolute Gasteiger partial charge is 0.478 e. The molecule has 0 aliphatic heterocycles. The van der Waals surface area contributed by atoms with Gasteiger partial charge in [0.1, 0.15) is 11.4 Å². The van der Waals surface area contributed by atoms with Crippen LogP contribution in [0.4, 0.5) is 11.5 Å². The summed E-state index contributed by atoms with van der Waals surface area (Å²) in [4.78, 5) is 18.3. The summed E-state index contributed by atoms with van der Waals surface area (Å²) in [6, 6.07) is 7.93. The van der Waals surface area contributed by atoms with Crippen LogP contribution in [0.1, 0.15) is 43.6 Å². The van der Waals surface area contributed by atoms with Crippen molar-refractivity contribution in [1.29, 1.82) is 0 Å². The van der Waals surface area contributed by atoms with Crippen LogP contribution in [-0.4, -0.2) is 37.6 Å². The molecule has 0 spiro atoms. The molecule has 2 aromatic rings. The lowest BCUT2D eigenvalue weighted by Crippen LogP contribution is -2.33. The van der Waals surface area contributed by atoms with E-state index >= 15 is 0 Å². The number of hydrogen-bond acceptors (Lipinski definition) is 5. The first-order valence-corrected chi connectivity index (χ1v) is 11.1. The minimum atomic E-state index is -3.85. The van der Waals surface area contributed by atoms with Gasteiger partial charge in [-0.1, -0.05) is 45.9 Å². The smallest absolute Gasteiger partial charge is 0.339 e. The summed E-state index contributed by atoms with van der Waals surface area (Å²) in [5.74, 6) is -0.173. The van der Waals surface area contributed by atoms with Gasteiger partial charge in [0.05, 0.1) is 16.8 Å². The summed E-state index contributed by atoms with van der Waals surface area (Å²) >= 11 is 0. The molecule has 0 saturated heterocycles. The molecular formula is C21H29N3O4S. The average molecular weight is 420 g/mol. The number of rotatable bonds is 9. The van der Waals surface area contributed by atoms with E-state index < -0.39 is 16.0 Å². The lowest BCUT2D eigenvalue weighted by Gasteiger charge is -2.28. The fourth-order valence-electron chi connectivity index (χ4n) is 3.12. The number of aromatic carboxylic acids is 1. The molecule has 1 aromatic heterocycles. The van der Waals surface area contributed by atoms with E-state index in [0.717, 1.165) is 0 Å². The van der Waals surface area contributed by atoms with Crippen LogP contribution in [0.2, 0.25) is 0 Å². The van der Waals surface area contributed by atoms with E-state index in [1.54, 1.807) is 25.1 Å². The summed E-state index contributed by atoms with van der Waals surface area (Å²) < 4.78 is 27.9. The molecule has 29 heavy (non-hydrogen) atoms. The van der Waals surface area contributed by atoms with Crippen LogP contribution in [0.15, 0.2) is 41.4 Å². The van der Waals surface area contributed by atoms with E-state index in [4.69, 9.17) is 0 Å². The Balaban J connectivity index is 2.43. The molecule has 0 unspecified atom stereocenters. The molecule has 7 nitrogen and oxygen atoms in total. The molecular weight excluding hydrogens is 390 g/mol. The Morgan fingerprint density at radius 3 is 2.24 bits per heavy atom. The Kier molecular flexibility index (Phi) is 7.24. The third-order valence-corrected chi connectivity index (χ3v) is 5.74. The first kappa shape index (κ1) is 22.7. The molecule has 0 atom stereocenters. The molecule has 0 amide bonds. The second-order valence-electron chi connectivity index (χ2n) is 7.96. The van der Waals surface area contributed by atoms with Crippen LogP contribution in [0.25, 0.3) is 0 Å². The molecule has 0 fully saturated rings. The maximum Gasteiger partial charge on any atom is 0.339 e. The van der Waals surface area contributed by atoms with Crippen molar-refractivity contribution in [3.63, 3.8) is 0 Å². The van der Waals surface area contributed by atoms with Crippen molar-refractivity contribution in [3.05, 3.63) is 47.7 Å². The summed E-state index contributed by atoms with van der Waals surface area (Å²) in [6.45, 7) is 11.2. The highest BCUT2D eigenvalue weighted by Crippen LogP contribution is 2.25. The number of pyridine rings is 1. The molecule has 1 aromatic carbocycles. The number of hydrogen-bond donors (Lipinski definition) is 2. The van der Waals surface area contributed by atoms with Gasteiger partial charge in [0, 0.05) is 13.1 Å². The number of anilines is 2. The number of aryl methyl sites for hydroxylation is 1. The maximum atomic E-state index is 12.7. The van der Waals surface area contributed by atoms with Crippen LogP contribution in [0.3, 0.4) is 0 Å². The molecule has 0 radical (unpaired) electrons. The van der Waals surface area contributed by atoms with E-state index in [0.29, 0.717) is 36.3 Å². The van der Waals surface area contributed by atoms with Gasteiger partial charge in [0.2, 0.25) is 0 Å². The third kappa shape index (κ3) is 5.93. The molecule has 1 heterocycles. The second-order valence-corrected chi connectivity index (χ2v) is 9.61. The molecule has 0 aliphatic carbocycles. The van der Waals surface area contributed by atoms with Crippen molar-refractivity contribution in [1.82, 2.24) is 4.98 Å². The highest BCUT2D eigenvalue weighted by molar-refractivity contribution is 7.92. The molecule has 0 saturated carbocycles. The van der Waals surface area contributed by atoms with Gasteiger partial charge < -0.3 is 10.0 Å². The Morgan fingerprint density at radius 1 is 1.14 bits per heavy atom. The SMILES string of the molecule is Cc1ccccc1S(=O)(=O)Nc1cnc(N(CC(C)C)CC(C)C)c(C(=O)O)c1. The Hall–Kier alpha value is -2.61. The summed E-state index contributed by atoms with van der Waals surface area (Å²) in [5, 5.41) is 9.72. The quantitative estimate of drug-likeness (QED) is 0.637. The summed E-state index contributed by atoms with van der Waals surface area (Å²) in [6.07, 6.45) is 1.37. The van der Waals surface area contributed by atoms with E-state index in [9.17, 15) is 18.3 Å². The van der Waals surface area contributed by atoms with E-state index in [-0.39, 0.29) is 16.1 Å². The standard InChI is InChI=1S/C21H29N3O4S/c1-14(2)12-24(13-15(3)4)20-18(21(25)26)10-17(11-22-20)23-29(27,28)19-9-7-6-8-16(19)5/h6-11,14-15,23H,12-13H2,1-5H3,(H,25,26). The Bertz CT molecular complexity index is 962. The highest BCUT2D eigenvalue weighted by atomic mass is 32.2. The first-order chi connectivity index (χ1) is 13.5. The van der Waals surface area contributed by atoms with Crippen molar-refractivity contribution in [3.8, 4) is 0 Å². The predicted molar refractivity (Wildman–Crippen MR) is 115 cm³/mol. The fraction of sp³-hybridized carbons (Fsp3) is 0.429. The van der Waals surface area contributed by atoms with Gasteiger partial charge in [0.15, 0.2) is 0 Å². The zero-order valence-electron chi connectivity index (χ0n) is 17.5. The van der Waals surface area contributed by atoms with Crippen molar-refractivity contribution in [2.45, 2.75) is 39.5 Å². The molecule has 0 aliphatic rings. The molecule has 158 valence electrons. The highest BCUT2D eigenvalue weighted by Gasteiger charge is 2.22. The maximum absolute atomic E-state index is 12.7. The normalized spacial score (nSPS) is 11.7. The zero-order valence-corrected chi connectivity index (χ0v) is 18.3. The fourth-order valence-corrected chi connectivity index (χ4v) is 4.40. The van der Waals surface area contributed by atoms with Crippen LogP contribution >= 0.6 is 0 Å². The van der Waals surface area contributed by atoms with Gasteiger partial charge in [-0.15, -0.1) is 0 Å². The van der Waals surface area contributed by atoms with Crippen molar-refractivity contribution in [2.75, 3.05) is 22.7 Å². The molecule has 2 N–H and O–H groups in total. The number of aromatic nitrogens is 1. The van der Waals surface area contributed by atoms with E-state index in [1.807, 2.05) is 4.90 Å². The number of nitrogens with one attached hydrogen (secondary N) is 1. The zero-order chi connectivity index (χ0) is 21.8. The molecule has 0 bridgehead atoms. The van der Waals surface area contributed by atoms with Crippen LogP contribution < -0.4 is 9.62 Å². The van der Waals surface area contributed by atoms with Crippen LogP contribution in [0, 0.1) is 18.8 Å². The van der Waals surface area contributed by atoms with Gasteiger partial charge >= 0.3 is 5.97 Å². The lowest BCUT2D eigenvalue weighted by molar-refractivity contribution is 0.0697. The monoisotopic (exact) mass is 419 g/mol. The third-order valence-electron chi connectivity index (χ3n) is 4.20. The Labute approximate surface area is 172 Å². The van der Waals surface area contributed by atoms with Crippen molar-refractivity contribution < 1.29 is 18.3 Å². The topological polar surface area (TPSA) is 99.6 Å². The number of carbonyl (C=O) groups is 1. The number of carboxylic acid groups (broad SMARTS) is 1.